The van der Waals surface area contributed by atoms with Crippen LogP contribution in [-0.4, -0.2) is 12.1 Å². The van der Waals surface area contributed by atoms with E-state index in [1.165, 1.54) is 0 Å². The highest BCUT2D eigenvalue weighted by molar-refractivity contribution is 9.10. The summed E-state index contributed by atoms with van der Waals surface area (Å²) in [4.78, 5) is 4.24. The standard InChI is InChI=1S/C13H12BrClN2O/c1-18-12-4-3-11(15)6-9(12)7-16-13-5-2-10(14)8-17-13/h2-6,8H,7H2,1H3,(H,16,17). The molecule has 0 saturated carbocycles. The Morgan fingerprint density at radius 2 is 2.17 bits per heavy atom. The molecule has 5 heteroatoms. The highest BCUT2D eigenvalue weighted by Crippen LogP contribution is 2.23. The first kappa shape index (κ1) is 13.2. The molecule has 1 aromatic carbocycles. The number of aromatic nitrogens is 1. The number of pyridine rings is 1. The van der Waals surface area contributed by atoms with E-state index in [0.717, 1.165) is 21.6 Å². The summed E-state index contributed by atoms with van der Waals surface area (Å²) >= 11 is 9.32. The number of nitrogens with one attached hydrogen (secondary N) is 1. The van der Waals surface area contributed by atoms with E-state index in [1.807, 2.05) is 30.3 Å². The van der Waals surface area contributed by atoms with Gasteiger partial charge in [-0.05, 0) is 46.3 Å². The zero-order valence-corrected chi connectivity index (χ0v) is 12.1. The van der Waals surface area contributed by atoms with Crippen molar-refractivity contribution in [2.45, 2.75) is 6.54 Å². The van der Waals surface area contributed by atoms with Crippen molar-refractivity contribution in [3.63, 3.8) is 0 Å². The Hall–Kier alpha value is -1.26. The lowest BCUT2D eigenvalue weighted by Crippen LogP contribution is -2.03. The maximum atomic E-state index is 5.97. The predicted molar refractivity (Wildman–Crippen MR) is 77.3 cm³/mol. The number of benzene rings is 1. The lowest BCUT2D eigenvalue weighted by molar-refractivity contribution is 0.410. The Morgan fingerprint density at radius 3 is 2.83 bits per heavy atom. The molecule has 0 aliphatic rings. The first-order valence-electron chi connectivity index (χ1n) is 5.37. The van der Waals surface area contributed by atoms with Crippen LogP contribution in [0.1, 0.15) is 5.56 Å². The molecular weight excluding hydrogens is 316 g/mol. The molecule has 1 heterocycles. The molecule has 0 atom stereocenters. The average molecular weight is 328 g/mol. The van der Waals surface area contributed by atoms with Gasteiger partial charge in [-0.1, -0.05) is 11.6 Å². The number of halogens is 2. The minimum absolute atomic E-state index is 0.609. The fourth-order valence-corrected chi connectivity index (χ4v) is 1.98. The number of methoxy groups -OCH3 is 1. The molecule has 3 nitrogen and oxygen atoms in total. The van der Waals surface area contributed by atoms with E-state index in [1.54, 1.807) is 13.3 Å². The van der Waals surface area contributed by atoms with Crippen LogP contribution in [0.5, 0.6) is 5.75 Å². The molecule has 0 saturated heterocycles. The zero-order chi connectivity index (χ0) is 13.0. The van der Waals surface area contributed by atoms with Crippen molar-refractivity contribution >= 4 is 33.3 Å². The van der Waals surface area contributed by atoms with E-state index in [4.69, 9.17) is 16.3 Å². The Bertz CT molecular complexity index is 531. The van der Waals surface area contributed by atoms with Gasteiger partial charge in [-0.2, -0.15) is 0 Å². The SMILES string of the molecule is COc1ccc(Cl)cc1CNc1ccc(Br)cn1. The smallest absolute Gasteiger partial charge is 0.126 e. The Balaban J connectivity index is 2.09. The summed E-state index contributed by atoms with van der Waals surface area (Å²) in [6, 6.07) is 9.38. The molecule has 0 fully saturated rings. The highest BCUT2D eigenvalue weighted by Gasteiger charge is 2.04. The molecule has 0 unspecified atom stereocenters. The van der Waals surface area contributed by atoms with Gasteiger partial charge in [0.15, 0.2) is 0 Å². The van der Waals surface area contributed by atoms with Gasteiger partial charge in [-0.15, -0.1) is 0 Å². The average Bonchev–Trinajstić information content (AvgIpc) is 2.38. The molecule has 18 heavy (non-hydrogen) atoms. The molecule has 1 N–H and O–H groups in total. The molecule has 0 radical (unpaired) electrons. The van der Waals surface area contributed by atoms with Crippen LogP contribution in [0.3, 0.4) is 0 Å². The molecule has 0 amide bonds. The van der Waals surface area contributed by atoms with Crippen LogP contribution < -0.4 is 10.1 Å². The van der Waals surface area contributed by atoms with Crippen molar-refractivity contribution in [1.82, 2.24) is 4.98 Å². The van der Waals surface area contributed by atoms with Gasteiger partial charge in [0.2, 0.25) is 0 Å². The molecule has 0 aliphatic heterocycles. The molecule has 94 valence electrons. The Kier molecular flexibility index (Phi) is 4.44. The van der Waals surface area contributed by atoms with Crippen molar-refractivity contribution in [2.24, 2.45) is 0 Å². The molecule has 0 bridgehead atoms. The number of ether oxygens (including phenoxy) is 1. The maximum absolute atomic E-state index is 5.97. The van der Waals surface area contributed by atoms with Gasteiger partial charge < -0.3 is 10.1 Å². The van der Waals surface area contributed by atoms with Crippen LogP contribution in [0, 0.1) is 0 Å². The third-order valence-corrected chi connectivity index (χ3v) is 3.13. The summed E-state index contributed by atoms with van der Waals surface area (Å²) in [5, 5.41) is 3.91. The van der Waals surface area contributed by atoms with Crippen LogP contribution in [0.25, 0.3) is 0 Å². The van der Waals surface area contributed by atoms with E-state index in [-0.39, 0.29) is 0 Å². The summed E-state index contributed by atoms with van der Waals surface area (Å²) < 4.78 is 6.23. The topological polar surface area (TPSA) is 34.1 Å². The fraction of sp³-hybridized carbons (Fsp3) is 0.154. The molecular formula is C13H12BrClN2O. The minimum Gasteiger partial charge on any atom is -0.496 e. The largest absolute Gasteiger partial charge is 0.496 e. The molecule has 0 spiro atoms. The van der Waals surface area contributed by atoms with E-state index < -0.39 is 0 Å². The van der Waals surface area contributed by atoms with E-state index in [9.17, 15) is 0 Å². The molecule has 0 aliphatic carbocycles. The van der Waals surface area contributed by atoms with Crippen molar-refractivity contribution < 1.29 is 4.74 Å². The third kappa shape index (κ3) is 3.37. The number of rotatable bonds is 4. The lowest BCUT2D eigenvalue weighted by atomic mass is 10.2. The second kappa shape index (κ2) is 6.07. The first-order valence-corrected chi connectivity index (χ1v) is 6.54. The number of nitrogens with zero attached hydrogens (tertiary/aromatic N) is 1. The summed E-state index contributed by atoms with van der Waals surface area (Å²) in [6.45, 7) is 0.609. The number of hydrogen-bond acceptors (Lipinski definition) is 3. The van der Waals surface area contributed by atoms with Crippen molar-refractivity contribution in [3.8, 4) is 5.75 Å². The van der Waals surface area contributed by atoms with Gasteiger partial charge in [-0.25, -0.2) is 4.98 Å². The summed E-state index contributed by atoms with van der Waals surface area (Å²) in [5.74, 6) is 1.62. The quantitative estimate of drug-likeness (QED) is 0.917. The zero-order valence-electron chi connectivity index (χ0n) is 9.78. The van der Waals surface area contributed by atoms with Crippen molar-refractivity contribution in [3.05, 3.63) is 51.6 Å². The van der Waals surface area contributed by atoms with Gasteiger partial charge in [0, 0.05) is 27.8 Å². The van der Waals surface area contributed by atoms with Crippen molar-refractivity contribution in [1.29, 1.82) is 0 Å². The van der Waals surface area contributed by atoms with Crippen molar-refractivity contribution in [2.75, 3.05) is 12.4 Å². The van der Waals surface area contributed by atoms with Gasteiger partial charge >= 0.3 is 0 Å². The van der Waals surface area contributed by atoms with E-state index in [2.05, 4.69) is 26.2 Å². The fourth-order valence-electron chi connectivity index (χ4n) is 1.55. The van der Waals surface area contributed by atoms with Gasteiger partial charge in [0.1, 0.15) is 11.6 Å². The van der Waals surface area contributed by atoms with Crippen LogP contribution >= 0.6 is 27.5 Å². The van der Waals surface area contributed by atoms with Crippen LogP contribution in [0.15, 0.2) is 41.0 Å². The van der Waals surface area contributed by atoms with E-state index >= 15 is 0 Å². The second-order valence-corrected chi connectivity index (χ2v) is 5.02. The summed E-state index contributed by atoms with van der Waals surface area (Å²) in [7, 11) is 1.64. The van der Waals surface area contributed by atoms with E-state index in [0.29, 0.717) is 11.6 Å². The summed E-state index contributed by atoms with van der Waals surface area (Å²) in [5.41, 5.74) is 0.995. The van der Waals surface area contributed by atoms with Gasteiger partial charge in [0.25, 0.3) is 0 Å². The second-order valence-electron chi connectivity index (χ2n) is 3.67. The summed E-state index contributed by atoms with van der Waals surface area (Å²) in [6.07, 6.45) is 1.75. The highest BCUT2D eigenvalue weighted by atomic mass is 79.9. The minimum atomic E-state index is 0.609. The van der Waals surface area contributed by atoms with Gasteiger partial charge in [-0.3, -0.25) is 0 Å². The lowest BCUT2D eigenvalue weighted by Gasteiger charge is -2.10. The van der Waals surface area contributed by atoms with Crippen LogP contribution in [0.2, 0.25) is 5.02 Å². The normalized spacial score (nSPS) is 10.2. The number of hydrogen-bond donors (Lipinski definition) is 1. The predicted octanol–water partition coefficient (Wildman–Crippen LogP) is 4.12. The van der Waals surface area contributed by atoms with Crippen LogP contribution in [0.4, 0.5) is 5.82 Å². The molecule has 2 aromatic rings. The third-order valence-electron chi connectivity index (χ3n) is 2.43. The Labute approximate surface area is 119 Å². The maximum Gasteiger partial charge on any atom is 0.126 e. The molecule has 2 rings (SSSR count). The first-order chi connectivity index (χ1) is 8.69. The number of anilines is 1. The molecule has 1 aromatic heterocycles. The monoisotopic (exact) mass is 326 g/mol. The van der Waals surface area contributed by atoms with Crippen LogP contribution in [-0.2, 0) is 6.54 Å². The van der Waals surface area contributed by atoms with Gasteiger partial charge in [0.05, 0.1) is 7.11 Å². The Morgan fingerprint density at radius 1 is 1.33 bits per heavy atom.